The minimum atomic E-state index is -0.567. The maximum absolute atomic E-state index is 13.1. The van der Waals surface area contributed by atoms with Crippen molar-refractivity contribution in [3.63, 3.8) is 0 Å². The van der Waals surface area contributed by atoms with Gasteiger partial charge in [0, 0.05) is 28.4 Å². The molecule has 0 aliphatic heterocycles. The van der Waals surface area contributed by atoms with Gasteiger partial charge in [-0.15, -0.1) is 11.8 Å². The highest BCUT2D eigenvalue weighted by molar-refractivity contribution is 7.99. The van der Waals surface area contributed by atoms with Crippen LogP contribution in [-0.4, -0.2) is 34.6 Å². The second kappa shape index (κ2) is 12.4. The van der Waals surface area contributed by atoms with E-state index in [0.717, 1.165) is 23.1 Å². The van der Waals surface area contributed by atoms with Crippen LogP contribution in [0.1, 0.15) is 43.9 Å². The van der Waals surface area contributed by atoms with Crippen LogP contribution in [0.3, 0.4) is 0 Å². The Balaban J connectivity index is 2.08. The van der Waals surface area contributed by atoms with E-state index in [1.807, 2.05) is 51.1 Å². The first kappa shape index (κ1) is 25.6. The summed E-state index contributed by atoms with van der Waals surface area (Å²) in [6, 6.07) is 12.9. The number of amides is 2. The first-order chi connectivity index (χ1) is 14.7. The molecule has 0 saturated heterocycles. The lowest BCUT2D eigenvalue weighted by Gasteiger charge is -2.29. The molecule has 31 heavy (non-hydrogen) atoms. The molecule has 2 aromatic rings. The fourth-order valence-electron chi connectivity index (χ4n) is 2.91. The number of nitrogens with one attached hydrogen (secondary N) is 1. The smallest absolute Gasteiger partial charge is 0.242 e. The van der Waals surface area contributed by atoms with Gasteiger partial charge in [-0.3, -0.25) is 9.59 Å². The quantitative estimate of drug-likeness (QED) is 0.462. The zero-order valence-corrected chi connectivity index (χ0v) is 20.8. The van der Waals surface area contributed by atoms with Crippen molar-refractivity contribution < 1.29 is 9.59 Å². The maximum Gasteiger partial charge on any atom is 0.242 e. The number of rotatable bonds is 10. The highest BCUT2D eigenvalue weighted by Gasteiger charge is 2.26. The molecule has 0 spiro atoms. The van der Waals surface area contributed by atoms with Crippen molar-refractivity contribution in [1.82, 2.24) is 10.2 Å². The summed E-state index contributed by atoms with van der Waals surface area (Å²) in [5, 5.41) is 4.16. The molecule has 2 aromatic carbocycles. The van der Waals surface area contributed by atoms with Gasteiger partial charge in [0.05, 0.1) is 5.75 Å². The molecule has 0 radical (unpaired) electrons. The Hall–Kier alpha value is -1.69. The monoisotopic (exact) mass is 480 g/mol. The summed E-state index contributed by atoms with van der Waals surface area (Å²) in [5.41, 5.74) is 3.07. The molecule has 1 N–H and O–H groups in total. The molecule has 2 rings (SSSR count). The van der Waals surface area contributed by atoms with Crippen molar-refractivity contribution in [2.45, 2.75) is 58.5 Å². The van der Waals surface area contributed by atoms with Gasteiger partial charge in [-0.25, -0.2) is 0 Å². The summed E-state index contributed by atoms with van der Waals surface area (Å²) >= 11 is 13.7. The molecular formula is C24H30Cl2N2O2S. The van der Waals surface area contributed by atoms with Gasteiger partial charge in [0.2, 0.25) is 11.8 Å². The molecule has 0 aliphatic rings. The Morgan fingerprint density at radius 2 is 1.77 bits per heavy atom. The largest absolute Gasteiger partial charge is 0.352 e. The molecule has 7 heteroatoms. The van der Waals surface area contributed by atoms with Gasteiger partial charge in [0.15, 0.2) is 0 Å². The van der Waals surface area contributed by atoms with E-state index in [9.17, 15) is 9.59 Å². The number of thioether (sulfide) groups is 1. The van der Waals surface area contributed by atoms with Crippen molar-refractivity contribution in [2.75, 3.05) is 5.75 Å². The number of nitrogens with zero attached hydrogens (tertiary/aromatic N) is 1. The van der Waals surface area contributed by atoms with Crippen molar-refractivity contribution in [3.05, 3.63) is 69.2 Å². The van der Waals surface area contributed by atoms with Crippen LogP contribution in [0.5, 0.6) is 0 Å². The van der Waals surface area contributed by atoms with E-state index in [2.05, 4.69) is 5.32 Å². The summed E-state index contributed by atoms with van der Waals surface area (Å²) in [5.74, 6) is 0.627. The van der Waals surface area contributed by atoms with Crippen LogP contribution in [0, 0.1) is 6.92 Å². The van der Waals surface area contributed by atoms with Gasteiger partial charge in [0.25, 0.3) is 0 Å². The maximum atomic E-state index is 13.1. The van der Waals surface area contributed by atoms with E-state index in [-0.39, 0.29) is 23.6 Å². The van der Waals surface area contributed by atoms with Crippen LogP contribution in [0.25, 0.3) is 0 Å². The average molecular weight is 481 g/mol. The van der Waals surface area contributed by atoms with E-state index in [1.54, 1.807) is 24.0 Å². The number of hydrogen-bond acceptors (Lipinski definition) is 3. The van der Waals surface area contributed by atoms with E-state index in [4.69, 9.17) is 23.2 Å². The Bertz CT molecular complexity index is 890. The molecule has 0 bridgehead atoms. The van der Waals surface area contributed by atoms with Crippen LogP contribution in [-0.2, 0) is 21.9 Å². The fraction of sp³-hybridized carbons (Fsp3) is 0.417. The van der Waals surface area contributed by atoms with E-state index >= 15 is 0 Å². The van der Waals surface area contributed by atoms with Gasteiger partial charge in [0.1, 0.15) is 6.04 Å². The summed E-state index contributed by atoms with van der Waals surface area (Å²) in [4.78, 5) is 27.5. The minimum Gasteiger partial charge on any atom is -0.352 e. The van der Waals surface area contributed by atoms with Gasteiger partial charge in [-0.05, 0) is 50.5 Å². The predicted molar refractivity (Wildman–Crippen MR) is 132 cm³/mol. The number of hydrogen-bond donors (Lipinski definition) is 1. The standard InChI is InChI=1S/C24H30Cl2N2O2S/c1-5-17(3)27-24(30)18(4)28(13-19-8-6-16(2)7-9-19)23(29)15-31-14-20-10-11-21(25)12-22(20)26/h6-12,17-18H,5,13-15H2,1-4H3,(H,27,30)/t17-,18-/m1/s1. The van der Waals surface area contributed by atoms with Gasteiger partial charge in [-0.2, -0.15) is 0 Å². The Labute approximate surface area is 199 Å². The highest BCUT2D eigenvalue weighted by atomic mass is 35.5. The van der Waals surface area contributed by atoms with Crippen LogP contribution < -0.4 is 5.32 Å². The first-order valence-corrected chi connectivity index (χ1v) is 12.3. The zero-order valence-electron chi connectivity index (χ0n) is 18.5. The number of aryl methyl sites for hydroxylation is 1. The topological polar surface area (TPSA) is 49.4 Å². The molecule has 2 atom stereocenters. The number of benzene rings is 2. The molecular weight excluding hydrogens is 451 g/mol. The SMILES string of the molecule is CC[C@@H](C)NC(=O)[C@@H](C)N(Cc1ccc(C)cc1)C(=O)CSCc1ccc(Cl)cc1Cl. The van der Waals surface area contributed by atoms with E-state index in [1.165, 1.54) is 11.8 Å². The van der Waals surface area contributed by atoms with Crippen LogP contribution in [0.2, 0.25) is 10.0 Å². The molecule has 0 saturated carbocycles. The van der Waals surface area contributed by atoms with Crippen LogP contribution in [0.15, 0.2) is 42.5 Å². The first-order valence-electron chi connectivity index (χ1n) is 10.4. The number of carbonyl (C=O) groups is 2. The van der Waals surface area contributed by atoms with Gasteiger partial charge >= 0.3 is 0 Å². The normalized spacial score (nSPS) is 12.8. The van der Waals surface area contributed by atoms with Crippen LogP contribution >= 0.6 is 35.0 Å². The van der Waals surface area contributed by atoms with Gasteiger partial charge in [-0.1, -0.05) is 66.0 Å². The zero-order chi connectivity index (χ0) is 23.0. The third kappa shape index (κ3) is 8.06. The summed E-state index contributed by atoms with van der Waals surface area (Å²) in [6.45, 7) is 8.17. The van der Waals surface area contributed by atoms with Gasteiger partial charge < -0.3 is 10.2 Å². The molecule has 0 aliphatic carbocycles. The van der Waals surface area contributed by atoms with Crippen LogP contribution in [0.4, 0.5) is 0 Å². The average Bonchev–Trinajstić information content (AvgIpc) is 2.74. The molecule has 168 valence electrons. The molecule has 4 nitrogen and oxygen atoms in total. The predicted octanol–water partition coefficient (Wildman–Crippen LogP) is 5.87. The Morgan fingerprint density at radius 1 is 1.10 bits per heavy atom. The summed E-state index contributed by atoms with van der Waals surface area (Å²) < 4.78 is 0. The van der Waals surface area contributed by atoms with Crippen molar-refractivity contribution in [2.24, 2.45) is 0 Å². The summed E-state index contributed by atoms with van der Waals surface area (Å²) in [7, 11) is 0. The Morgan fingerprint density at radius 3 is 2.39 bits per heavy atom. The van der Waals surface area contributed by atoms with Crippen molar-refractivity contribution in [1.29, 1.82) is 0 Å². The number of halogens is 2. The third-order valence-corrected chi connectivity index (χ3v) is 6.69. The van der Waals surface area contributed by atoms with E-state index in [0.29, 0.717) is 22.3 Å². The minimum absolute atomic E-state index is 0.0627. The lowest BCUT2D eigenvalue weighted by Crippen LogP contribution is -2.50. The molecule has 0 unspecified atom stereocenters. The Kier molecular flexibility index (Phi) is 10.2. The second-order valence-corrected chi connectivity index (χ2v) is 9.56. The molecule has 0 fully saturated rings. The number of carbonyl (C=O) groups excluding carboxylic acids is 2. The highest BCUT2D eigenvalue weighted by Crippen LogP contribution is 2.25. The lowest BCUT2D eigenvalue weighted by atomic mass is 10.1. The third-order valence-electron chi connectivity index (χ3n) is 5.14. The lowest BCUT2D eigenvalue weighted by molar-refractivity contribution is -0.138. The fourth-order valence-corrected chi connectivity index (χ4v) is 4.38. The summed E-state index contributed by atoms with van der Waals surface area (Å²) in [6.07, 6.45) is 0.835. The van der Waals surface area contributed by atoms with Crippen molar-refractivity contribution >= 4 is 46.8 Å². The van der Waals surface area contributed by atoms with E-state index < -0.39 is 6.04 Å². The van der Waals surface area contributed by atoms with Crippen molar-refractivity contribution in [3.8, 4) is 0 Å². The molecule has 2 amide bonds. The molecule has 0 aromatic heterocycles. The molecule has 0 heterocycles. The second-order valence-electron chi connectivity index (χ2n) is 7.73.